The van der Waals surface area contributed by atoms with Crippen molar-refractivity contribution in [2.75, 3.05) is 19.6 Å². The molecule has 1 aliphatic carbocycles. The molecule has 1 saturated carbocycles. The van der Waals surface area contributed by atoms with Gasteiger partial charge in [-0.1, -0.05) is 61.7 Å². The SMILES string of the molecule is CC/C=C(\C)CCN1CCC(NC(=O)C(O)(c2ccccc2)C2CCCC2)CC1. The predicted molar refractivity (Wildman–Crippen MR) is 119 cm³/mol. The first-order chi connectivity index (χ1) is 14.0. The van der Waals surface area contributed by atoms with E-state index in [9.17, 15) is 9.90 Å². The normalized spacial score (nSPS) is 21.8. The van der Waals surface area contributed by atoms with Gasteiger partial charge in [0.2, 0.25) is 0 Å². The largest absolute Gasteiger partial charge is 0.375 e. The van der Waals surface area contributed by atoms with E-state index in [2.05, 4.69) is 30.1 Å². The number of nitrogens with zero attached hydrogens (tertiary/aromatic N) is 1. The second-order valence-corrected chi connectivity index (χ2v) is 8.91. The maximum atomic E-state index is 13.3. The Hall–Kier alpha value is -1.65. The van der Waals surface area contributed by atoms with Crippen molar-refractivity contribution in [2.45, 2.75) is 76.9 Å². The van der Waals surface area contributed by atoms with Gasteiger partial charge in [0.25, 0.3) is 5.91 Å². The fourth-order valence-electron chi connectivity index (χ4n) is 4.97. The van der Waals surface area contributed by atoms with Crippen molar-refractivity contribution < 1.29 is 9.90 Å². The van der Waals surface area contributed by atoms with Crippen LogP contribution in [0.5, 0.6) is 0 Å². The van der Waals surface area contributed by atoms with Crippen LogP contribution in [0.1, 0.15) is 70.8 Å². The van der Waals surface area contributed by atoms with Crippen LogP contribution >= 0.6 is 0 Å². The molecule has 1 aliphatic heterocycles. The van der Waals surface area contributed by atoms with Gasteiger partial charge in [0.1, 0.15) is 0 Å². The maximum Gasteiger partial charge on any atom is 0.257 e. The molecule has 1 aromatic rings. The fraction of sp³-hybridized carbons (Fsp3) is 0.640. The fourth-order valence-corrected chi connectivity index (χ4v) is 4.97. The zero-order chi connectivity index (χ0) is 20.7. The van der Waals surface area contributed by atoms with Crippen molar-refractivity contribution in [3.63, 3.8) is 0 Å². The molecule has 29 heavy (non-hydrogen) atoms. The van der Waals surface area contributed by atoms with Crippen LogP contribution in [0.15, 0.2) is 42.0 Å². The Kier molecular flexibility index (Phi) is 7.91. The van der Waals surface area contributed by atoms with E-state index in [0.29, 0.717) is 0 Å². The van der Waals surface area contributed by atoms with Crippen LogP contribution in [-0.4, -0.2) is 41.6 Å². The molecule has 4 heteroatoms. The van der Waals surface area contributed by atoms with Crippen LogP contribution in [0.3, 0.4) is 0 Å². The molecule has 1 heterocycles. The van der Waals surface area contributed by atoms with Crippen molar-refractivity contribution in [1.82, 2.24) is 10.2 Å². The first-order valence-electron chi connectivity index (χ1n) is 11.5. The number of carbonyl (C=O) groups excluding carboxylic acids is 1. The number of carbonyl (C=O) groups is 1. The third-order valence-corrected chi connectivity index (χ3v) is 6.80. The van der Waals surface area contributed by atoms with Crippen molar-refractivity contribution in [3.05, 3.63) is 47.5 Å². The topological polar surface area (TPSA) is 52.6 Å². The first-order valence-corrected chi connectivity index (χ1v) is 11.5. The van der Waals surface area contributed by atoms with E-state index in [1.807, 2.05) is 30.3 Å². The second kappa shape index (κ2) is 10.4. The summed E-state index contributed by atoms with van der Waals surface area (Å²) in [5.41, 5.74) is 0.796. The van der Waals surface area contributed by atoms with E-state index in [0.717, 1.165) is 76.6 Å². The molecule has 2 fully saturated rings. The summed E-state index contributed by atoms with van der Waals surface area (Å²) in [6, 6.07) is 9.71. The summed E-state index contributed by atoms with van der Waals surface area (Å²) in [7, 11) is 0. The first kappa shape index (κ1) is 22.0. The summed E-state index contributed by atoms with van der Waals surface area (Å²) in [4.78, 5) is 15.8. The smallest absolute Gasteiger partial charge is 0.257 e. The monoisotopic (exact) mass is 398 g/mol. The third-order valence-electron chi connectivity index (χ3n) is 6.80. The van der Waals surface area contributed by atoms with Crippen molar-refractivity contribution >= 4 is 5.91 Å². The Balaban J connectivity index is 1.58. The van der Waals surface area contributed by atoms with Crippen molar-refractivity contribution in [1.29, 1.82) is 0 Å². The molecule has 0 aromatic heterocycles. The van der Waals surface area contributed by atoms with Gasteiger partial charge in [-0.2, -0.15) is 0 Å². The van der Waals surface area contributed by atoms with Gasteiger partial charge in [-0.05, 0) is 51.0 Å². The number of hydrogen-bond donors (Lipinski definition) is 2. The standard InChI is InChI=1S/C25H38N2O2/c1-3-9-20(2)14-17-27-18-15-23(16-19-27)26-24(28)25(29,22-12-7-8-13-22)21-10-5-4-6-11-21/h4-6,9-11,22-23,29H,3,7-8,12-19H2,1-2H3,(H,26,28)/b20-9+. The lowest BCUT2D eigenvalue weighted by atomic mass is 9.79. The number of nitrogens with one attached hydrogen (secondary N) is 1. The minimum atomic E-state index is -1.41. The molecule has 1 atom stereocenters. The highest BCUT2D eigenvalue weighted by atomic mass is 16.3. The number of aliphatic hydroxyl groups is 1. The van der Waals surface area contributed by atoms with Gasteiger partial charge in [0.15, 0.2) is 5.60 Å². The number of benzene rings is 1. The average molecular weight is 399 g/mol. The quantitative estimate of drug-likeness (QED) is 0.639. The molecular formula is C25H38N2O2. The van der Waals surface area contributed by atoms with Gasteiger partial charge >= 0.3 is 0 Å². The maximum absolute atomic E-state index is 13.3. The third kappa shape index (κ3) is 5.49. The average Bonchev–Trinajstić information content (AvgIpc) is 3.29. The number of rotatable bonds is 8. The molecule has 4 nitrogen and oxygen atoms in total. The molecule has 1 amide bonds. The number of allylic oxidation sites excluding steroid dienone is 1. The Morgan fingerprint density at radius 1 is 1.17 bits per heavy atom. The molecule has 2 N–H and O–H groups in total. The second-order valence-electron chi connectivity index (χ2n) is 8.91. The lowest BCUT2D eigenvalue weighted by Crippen LogP contribution is -2.54. The molecule has 160 valence electrons. The van der Waals surface area contributed by atoms with Gasteiger partial charge < -0.3 is 15.3 Å². The molecule has 0 radical (unpaired) electrons. The van der Waals surface area contributed by atoms with Crippen LogP contribution in [0.25, 0.3) is 0 Å². The van der Waals surface area contributed by atoms with E-state index in [1.165, 1.54) is 5.57 Å². The van der Waals surface area contributed by atoms with Crippen molar-refractivity contribution in [2.24, 2.45) is 5.92 Å². The van der Waals surface area contributed by atoms with Crippen LogP contribution in [0.2, 0.25) is 0 Å². The number of likely N-dealkylation sites (tertiary alicyclic amines) is 1. The van der Waals surface area contributed by atoms with Crippen LogP contribution in [0.4, 0.5) is 0 Å². The van der Waals surface area contributed by atoms with E-state index in [-0.39, 0.29) is 17.9 Å². The van der Waals surface area contributed by atoms with E-state index in [4.69, 9.17) is 0 Å². The Bertz CT molecular complexity index is 673. The summed E-state index contributed by atoms with van der Waals surface area (Å²) < 4.78 is 0. The van der Waals surface area contributed by atoms with Crippen molar-refractivity contribution in [3.8, 4) is 0 Å². The van der Waals surface area contributed by atoms with Gasteiger partial charge in [0, 0.05) is 31.6 Å². The highest BCUT2D eigenvalue weighted by Crippen LogP contribution is 2.41. The number of amides is 1. The molecule has 3 rings (SSSR count). The predicted octanol–water partition coefficient (Wildman–Crippen LogP) is 4.39. The van der Waals surface area contributed by atoms with Crippen LogP contribution in [0, 0.1) is 5.92 Å². The minimum Gasteiger partial charge on any atom is -0.375 e. The summed E-state index contributed by atoms with van der Waals surface area (Å²) in [6.45, 7) is 7.51. The van der Waals surface area contributed by atoms with Gasteiger partial charge in [-0.3, -0.25) is 4.79 Å². The molecular weight excluding hydrogens is 360 g/mol. The highest BCUT2D eigenvalue weighted by molar-refractivity contribution is 5.87. The summed E-state index contributed by atoms with van der Waals surface area (Å²) in [5, 5.41) is 14.8. The number of hydrogen-bond acceptors (Lipinski definition) is 3. The number of piperidine rings is 1. The molecule has 1 unspecified atom stereocenters. The Morgan fingerprint density at radius 2 is 1.83 bits per heavy atom. The summed E-state index contributed by atoms with van der Waals surface area (Å²) in [6.07, 6.45) is 10.5. The van der Waals surface area contributed by atoms with Crippen LogP contribution < -0.4 is 5.32 Å². The zero-order valence-electron chi connectivity index (χ0n) is 18.2. The molecule has 0 spiro atoms. The summed E-state index contributed by atoms with van der Waals surface area (Å²) >= 11 is 0. The Morgan fingerprint density at radius 3 is 2.45 bits per heavy atom. The summed E-state index contributed by atoms with van der Waals surface area (Å²) in [5.74, 6) is -0.186. The molecule has 1 aromatic carbocycles. The molecule has 2 aliphatic rings. The lowest BCUT2D eigenvalue weighted by molar-refractivity contribution is -0.148. The molecule has 0 bridgehead atoms. The van der Waals surface area contributed by atoms with E-state index in [1.54, 1.807) is 0 Å². The van der Waals surface area contributed by atoms with E-state index < -0.39 is 5.60 Å². The lowest BCUT2D eigenvalue weighted by Gasteiger charge is -2.37. The minimum absolute atomic E-state index is 0.0123. The van der Waals surface area contributed by atoms with Crippen LogP contribution in [-0.2, 0) is 10.4 Å². The van der Waals surface area contributed by atoms with Gasteiger partial charge in [-0.15, -0.1) is 0 Å². The molecule has 1 saturated heterocycles. The highest BCUT2D eigenvalue weighted by Gasteiger charge is 2.46. The van der Waals surface area contributed by atoms with Gasteiger partial charge in [-0.25, -0.2) is 0 Å². The van der Waals surface area contributed by atoms with Gasteiger partial charge in [0.05, 0.1) is 0 Å². The zero-order valence-corrected chi connectivity index (χ0v) is 18.2. The van der Waals surface area contributed by atoms with E-state index >= 15 is 0 Å². The Labute approximate surface area is 176 Å².